The zero-order valence-corrected chi connectivity index (χ0v) is 13.0. The molecule has 0 heterocycles. The molecular weight excluding hydrogens is 306 g/mol. The van der Waals surface area contributed by atoms with Crippen molar-refractivity contribution < 1.29 is 9.72 Å². The Hall–Kier alpha value is -3.33. The third-order valence-electron chi connectivity index (χ3n) is 3.30. The van der Waals surface area contributed by atoms with Gasteiger partial charge in [0.15, 0.2) is 0 Å². The van der Waals surface area contributed by atoms with Gasteiger partial charge >= 0.3 is 0 Å². The molecule has 0 aliphatic carbocycles. The van der Waals surface area contributed by atoms with Crippen LogP contribution in [0.3, 0.4) is 0 Å². The summed E-state index contributed by atoms with van der Waals surface area (Å²) in [5.41, 5.74) is 2.23. The van der Waals surface area contributed by atoms with Crippen molar-refractivity contribution in [1.82, 2.24) is 0 Å². The van der Waals surface area contributed by atoms with E-state index in [4.69, 9.17) is 6.42 Å². The normalized spacial score (nSPS) is 9.79. The Bertz CT molecular complexity index is 764. The molecule has 0 spiro atoms. The Morgan fingerprint density at radius 3 is 2.58 bits per heavy atom. The molecule has 0 radical (unpaired) electrons. The van der Waals surface area contributed by atoms with Crippen LogP contribution in [0.4, 0.5) is 17.1 Å². The molecule has 0 aliphatic rings. The van der Waals surface area contributed by atoms with Crippen LogP contribution in [-0.4, -0.2) is 17.4 Å². The summed E-state index contributed by atoms with van der Waals surface area (Å²) in [7, 11) is 0. The van der Waals surface area contributed by atoms with Gasteiger partial charge in [0.2, 0.25) is 5.91 Å². The molecule has 0 aromatic heterocycles. The van der Waals surface area contributed by atoms with Crippen LogP contribution in [0, 0.1) is 22.5 Å². The zero-order chi connectivity index (χ0) is 17.4. The molecule has 24 heavy (non-hydrogen) atoms. The number of non-ortho nitro benzene ring substituents is 1. The van der Waals surface area contributed by atoms with Gasteiger partial charge in [0, 0.05) is 42.0 Å². The van der Waals surface area contributed by atoms with E-state index in [2.05, 4.69) is 16.6 Å². The van der Waals surface area contributed by atoms with Gasteiger partial charge in [0.25, 0.3) is 5.69 Å². The highest BCUT2D eigenvalue weighted by molar-refractivity contribution is 5.90. The zero-order valence-electron chi connectivity index (χ0n) is 13.0. The number of carbonyl (C=O) groups is 1. The number of nitrogens with one attached hydrogen (secondary N) is 2. The Balaban J connectivity index is 1.72. The summed E-state index contributed by atoms with van der Waals surface area (Å²) in [6.45, 7) is 0.593. The number of rotatable bonds is 7. The number of nitrogens with zero attached hydrogens (tertiary/aromatic N) is 1. The number of amides is 1. The van der Waals surface area contributed by atoms with Crippen molar-refractivity contribution in [2.75, 3.05) is 17.2 Å². The molecule has 0 bridgehead atoms. The second-order valence-electron chi connectivity index (χ2n) is 5.11. The maximum absolute atomic E-state index is 11.9. The van der Waals surface area contributed by atoms with Crippen LogP contribution in [0.25, 0.3) is 0 Å². The first-order chi connectivity index (χ1) is 11.6. The highest BCUT2D eigenvalue weighted by Gasteiger charge is 2.05. The Morgan fingerprint density at radius 1 is 1.17 bits per heavy atom. The van der Waals surface area contributed by atoms with E-state index in [0.717, 1.165) is 5.69 Å². The number of nitro benzene ring substituents is 1. The van der Waals surface area contributed by atoms with E-state index in [1.807, 2.05) is 0 Å². The van der Waals surface area contributed by atoms with E-state index in [1.165, 1.54) is 12.1 Å². The van der Waals surface area contributed by atoms with Crippen LogP contribution in [-0.2, 0) is 4.79 Å². The van der Waals surface area contributed by atoms with Gasteiger partial charge in [-0.1, -0.05) is 12.0 Å². The topological polar surface area (TPSA) is 84.3 Å². The van der Waals surface area contributed by atoms with Crippen LogP contribution in [0.1, 0.15) is 18.4 Å². The quantitative estimate of drug-likeness (QED) is 0.354. The van der Waals surface area contributed by atoms with E-state index in [0.29, 0.717) is 30.6 Å². The van der Waals surface area contributed by atoms with E-state index in [1.54, 1.807) is 36.4 Å². The Labute approximate surface area is 140 Å². The van der Waals surface area contributed by atoms with E-state index >= 15 is 0 Å². The van der Waals surface area contributed by atoms with Gasteiger partial charge in [0.05, 0.1) is 4.92 Å². The minimum absolute atomic E-state index is 0.0501. The largest absolute Gasteiger partial charge is 0.385 e. The van der Waals surface area contributed by atoms with Crippen LogP contribution >= 0.6 is 0 Å². The molecule has 0 atom stereocenters. The maximum Gasteiger partial charge on any atom is 0.269 e. The van der Waals surface area contributed by atoms with Crippen LogP contribution in [0.5, 0.6) is 0 Å². The Morgan fingerprint density at radius 2 is 1.92 bits per heavy atom. The molecule has 2 aromatic carbocycles. The van der Waals surface area contributed by atoms with Gasteiger partial charge < -0.3 is 10.6 Å². The summed E-state index contributed by atoms with van der Waals surface area (Å²) in [5, 5.41) is 16.5. The monoisotopic (exact) mass is 323 g/mol. The third kappa shape index (κ3) is 5.14. The predicted molar refractivity (Wildman–Crippen MR) is 93.8 cm³/mol. The second kappa shape index (κ2) is 8.34. The first-order valence-corrected chi connectivity index (χ1v) is 7.43. The number of anilines is 2. The van der Waals surface area contributed by atoms with Crippen molar-refractivity contribution in [2.24, 2.45) is 0 Å². The van der Waals surface area contributed by atoms with Crippen molar-refractivity contribution in [1.29, 1.82) is 0 Å². The van der Waals surface area contributed by atoms with Gasteiger partial charge in [0.1, 0.15) is 0 Å². The molecule has 6 nitrogen and oxygen atoms in total. The van der Waals surface area contributed by atoms with Crippen molar-refractivity contribution in [3.8, 4) is 12.3 Å². The number of carbonyl (C=O) groups excluding carboxylic acids is 1. The van der Waals surface area contributed by atoms with Gasteiger partial charge in [-0.2, -0.15) is 0 Å². The fourth-order valence-corrected chi connectivity index (χ4v) is 2.09. The van der Waals surface area contributed by atoms with Gasteiger partial charge in [-0.3, -0.25) is 14.9 Å². The third-order valence-corrected chi connectivity index (χ3v) is 3.30. The van der Waals surface area contributed by atoms with Crippen molar-refractivity contribution in [2.45, 2.75) is 12.8 Å². The molecule has 0 unspecified atom stereocenters. The molecule has 0 saturated carbocycles. The molecule has 2 N–H and O–H groups in total. The van der Waals surface area contributed by atoms with Gasteiger partial charge in [-0.05, 0) is 36.8 Å². The molecule has 122 valence electrons. The molecular formula is C18H17N3O3. The summed E-state index contributed by atoms with van der Waals surface area (Å²) in [5.74, 6) is 2.43. The SMILES string of the molecule is C#Cc1cccc(NC(=O)CCCNc2ccc([N+](=O)[O-])cc2)c1. The van der Waals surface area contributed by atoms with E-state index in [-0.39, 0.29) is 11.6 Å². The second-order valence-corrected chi connectivity index (χ2v) is 5.11. The molecule has 0 aliphatic heterocycles. The first kappa shape index (κ1) is 17.0. The summed E-state index contributed by atoms with van der Waals surface area (Å²) in [6, 6.07) is 13.3. The van der Waals surface area contributed by atoms with Gasteiger partial charge in [-0.15, -0.1) is 6.42 Å². The van der Waals surface area contributed by atoms with E-state index in [9.17, 15) is 14.9 Å². The van der Waals surface area contributed by atoms with Crippen LogP contribution < -0.4 is 10.6 Å². The lowest BCUT2D eigenvalue weighted by molar-refractivity contribution is -0.384. The lowest BCUT2D eigenvalue weighted by atomic mass is 10.2. The Kier molecular flexibility index (Phi) is 5.92. The van der Waals surface area contributed by atoms with Crippen molar-refractivity contribution >= 4 is 23.0 Å². The minimum atomic E-state index is -0.441. The smallest absolute Gasteiger partial charge is 0.269 e. The molecule has 0 saturated heterocycles. The highest BCUT2D eigenvalue weighted by atomic mass is 16.6. The molecule has 1 amide bonds. The number of benzene rings is 2. The molecule has 6 heteroatoms. The molecule has 2 aromatic rings. The van der Waals surface area contributed by atoms with Crippen LogP contribution in [0.15, 0.2) is 48.5 Å². The van der Waals surface area contributed by atoms with E-state index < -0.39 is 4.92 Å². The summed E-state index contributed by atoms with van der Waals surface area (Å²) in [6.07, 6.45) is 6.32. The van der Waals surface area contributed by atoms with Gasteiger partial charge in [-0.25, -0.2) is 0 Å². The fourth-order valence-electron chi connectivity index (χ4n) is 2.09. The highest BCUT2D eigenvalue weighted by Crippen LogP contribution is 2.15. The van der Waals surface area contributed by atoms with Crippen molar-refractivity contribution in [3.05, 3.63) is 64.2 Å². The molecule has 0 fully saturated rings. The lowest BCUT2D eigenvalue weighted by Crippen LogP contribution is -2.13. The maximum atomic E-state index is 11.9. The molecule has 2 rings (SSSR count). The number of terminal acetylenes is 1. The lowest BCUT2D eigenvalue weighted by Gasteiger charge is -2.07. The average molecular weight is 323 g/mol. The van der Waals surface area contributed by atoms with Crippen molar-refractivity contribution in [3.63, 3.8) is 0 Å². The summed E-state index contributed by atoms with van der Waals surface area (Å²) < 4.78 is 0. The number of hydrogen-bond acceptors (Lipinski definition) is 4. The average Bonchev–Trinajstić information content (AvgIpc) is 2.59. The number of hydrogen-bond donors (Lipinski definition) is 2. The summed E-state index contributed by atoms with van der Waals surface area (Å²) in [4.78, 5) is 22.0. The first-order valence-electron chi connectivity index (χ1n) is 7.43. The number of nitro groups is 1. The minimum Gasteiger partial charge on any atom is -0.385 e. The summed E-state index contributed by atoms with van der Waals surface area (Å²) >= 11 is 0. The fraction of sp³-hybridized carbons (Fsp3) is 0.167. The predicted octanol–water partition coefficient (Wildman–Crippen LogP) is 3.41. The van der Waals surface area contributed by atoms with Crippen LogP contribution in [0.2, 0.25) is 0 Å². The standard InChI is InChI=1S/C18H17N3O3/c1-2-14-5-3-6-16(13-14)20-18(22)7-4-12-19-15-8-10-17(11-9-15)21(23)24/h1,3,5-6,8-11,13,19H,4,7,12H2,(H,20,22).